The number of hydrogen-bond acceptors (Lipinski definition) is 8. The molecule has 2 atom stereocenters. The summed E-state index contributed by atoms with van der Waals surface area (Å²) >= 11 is 3.34. The van der Waals surface area contributed by atoms with Gasteiger partial charge in [0.25, 0.3) is 0 Å². The molecule has 2 N–H and O–H groups in total. The van der Waals surface area contributed by atoms with Gasteiger partial charge in [-0.2, -0.15) is 0 Å². The Bertz CT molecular complexity index is 518. The Kier molecular flexibility index (Phi) is 4.11. The van der Waals surface area contributed by atoms with Crippen LogP contribution in [0.25, 0.3) is 0 Å². The van der Waals surface area contributed by atoms with Gasteiger partial charge in [-0.25, -0.2) is 0 Å². The summed E-state index contributed by atoms with van der Waals surface area (Å²) in [4.78, 5) is 0. The van der Waals surface area contributed by atoms with Crippen molar-refractivity contribution in [2.45, 2.75) is 37.5 Å². The van der Waals surface area contributed by atoms with E-state index in [1.54, 1.807) is 22.7 Å². The highest BCUT2D eigenvalue weighted by Crippen LogP contribution is 2.43. The predicted octanol–water partition coefficient (Wildman–Crippen LogP) is 2.91. The third-order valence-corrected chi connectivity index (χ3v) is 5.89. The molecule has 0 radical (unpaired) electrons. The fraction of sp³-hybridized carbons (Fsp3) is 0.667. The topological polar surface area (TPSA) is 75.6 Å². The second-order valence-corrected chi connectivity index (χ2v) is 6.97. The van der Waals surface area contributed by atoms with Crippen molar-refractivity contribution in [3.8, 4) is 0 Å². The van der Waals surface area contributed by atoms with Gasteiger partial charge in [0.2, 0.25) is 10.3 Å². The average molecular weight is 310 g/mol. The van der Waals surface area contributed by atoms with Gasteiger partial charge >= 0.3 is 0 Å². The molecule has 2 aromatic heterocycles. The highest BCUT2D eigenvalue weighted by Gasteiger charge is 2.29. The van der Waals surface area contributed by atoms with Gasteiger partial charge in [0, 0.05) is 25.9 Å². The number of rotatable bonds is 4. The zero-order chi connectivity index (χ0) is 13.9. The van der Waals surface area contributed by atoms with E-state index < -0.39 is 0 Å². The minimum atomic E-state index is 0.510. The SMILES string of the molecule is CNc1nnc(C2CCC[C@H](c3nnc(NC)s3)C2)s1. The molecule has 108 valence electrons. The van der Waals surface area contributed by atoms with E-state index >= 15 is 0 Å². The monoisotopic (exact) mass is 310 g/mol. The molecule has 2 aromatic rings. The summed E-state index contributed by atoms with van der Waals surface area (Å²) in [5.41, 5.74) is 0. The van der Waals surface area contributed by atoms with Crippen molar-refractivity contribution in [2.24, 2.45) is 0 Å². The molecule has 1 saturated carbocycles. The van der Waals surface area contributed by atoms with Crippen molar-refractivity contribution in [1.82, 2.24) is 20.4 Å². The summed E-state index contributed by atoms with van der Waals surface area (Å²) < 4.78 is 0. The average Bonchev–Trinajstić information content (AvgIpc) is 3.16. The van der Waals surface area contributed by atoms with Crippen LogP contribution in [0.15, 0.2) is 0 Å². The fourth-order valence-electron chi connectivity index (χ4n) is 2.64. The Labute approximate surface area is 126 Å². The van der Waals surface area contributed by atoms with Gasteiger partial charge < -0.3 is 10.6 Å². The molecule has 1 aliphatic rings. The van der Waals surface area contributed by atoms with E-state index in [1.165, 1.54) is 19.3 Å². The minimum absolute atomic E-state index is 0.510. The molecule has 20 heavy (non-hydrogen) atoms. The summed E-state index contributed by atoms with van der Waals surface area (Å²) in [6.07, 6.45) is 4.73. The van der Waals surface area contributed by atoms with E-state index in [2.05, 4.69) is 31.0 Å². The molecule has 1 unspecified atom stereocenters. The third-order valence-electron chi connectivity index (χ3n) is 3.68. The highest BCUT2D eigenvalue weighted by atomic mass is 32.1. The first-order chi connectivity index (χ1) is 9.80. The van der Waals surface area contributed by atoms with E-state index in [0.717, 1.165) is 26.7 Å². The Balaban J connectivity index is 1.72. The summed E-state index contributed by atoms with van der Waals surface area (Å²) in [7, 11) is 3.77. The molecule has 0 bridgehead atoms. The Hall–Kier alpha value is -1.28. The number of nitrogens with one attached hydrogen (secondary N) is 2. The van der Waals surface area contributed by atoms with Gasteiger partial charge in [0.15, 0.2) is 0 Å². The van der Waals surface area contributed by atoms with E-state index in [-0.39, 0.29) is 0 Å². The lowest BCUT2D eigenvalue weighted by molar-refractivity contribution is 0.390. The molecule has 0 spiro atoms. The van der Waals surface area contributed by atoms with Crippen LogP contribution in [-0.4, -0.2) is 34.5 Å². The summed E-state index contributed by atoms with van der Waals surface area (Å²) in [6.45, 7) is 0. The lowest BCUT2D eigenvalue weighted by Gasteiger charge is -2.25. The Morgan fingerprint density at radius 2 is 1.35 bits per heavy atom. The lowest BCUT2D eigenvalue weighted by atomic mass is 9.82. The normalized spacial score (nSPS) is 22.7. The Morgan fingerprint density at radius 3 is 1.75 bits per heavy atom. The number of nitrogens with zero attached hydrogens (tertiary/aromatic N) is 4. The molecular weight excluding hydrogens is 292 g/mol. The summed E-state index contributed by atoms with van der Waals surface area (Å²) in [6, 6.07) is 0. The van der Waals surface area contributed by atoms with Crippen molar-refractivity contribution in [2.75, 3.05) is 24.7 Å². The molecule has 3 rings (SSSR count). The van der Waals surface area contributed by atoms with Crippen LogP contribution in [-0.2, 0) is 0 Å². The van der Waals surface area contributed by atoms with Crippen LogP contribution in [0.3, 0.4) is 0 Å². The summed E-state index contributed by atoms with van der Waals surface area (Å²) in [5, 5.41) is 27.1. The van der Waals surface area contributed by atoms with Crippen molar-refractivity contribution in [3.63, 3.8) is 0 Å². The van der Waals surface area contributed by atoms with Crippen LogP contribution < -0.4 is 10.6 Å². The molecule has 1 aliphatic carbocycles. The molecule has 2 heterocycles. The van der Waals surface area contributed by atoms with Gasteiger partial charge in [0.05, 0.1) is 0 Å². The zero-order valence-electron chi connectivity index (χ0n) is 11.6. The molecule has 0 saturated heterocycles. The van der Waals surface area contributed by atoms with Gasteiger partial charge in [-0.05, 0) is 19.3 Å². The smallest absolute Gasteiger partial charge is 0.205 e. The largest absolute Gasteiger partial charge is 0.363 e. The molecule has 0 aliphatic heterocycles. The summed E-state index contributed by atoms with van der Waals surface area (Å²) in [5.74, 6) is 1.02. The van der Waals surface area contributed by atoms with E-state index in [0.29, 0.717) is 11.8 Å². The quantitative estimate of drug-likeness (QED) is 0.904. The van der Waals surface area contributed by atoms with Crippen molar-refractivity contribution in [1.29, 1.82) is 0 Å². The predicted molar refractivity (Wildman–Crippen MR) is 82.9 cm³/mol. The zero-order valence-corrected chi connectivity index (χ0v) is 13.2. The van der Waals surface area contributed by atoms with Crippen LogP contribution in [0.2, 0.25) is 0 Å². The lowest BCUT2D eigenvalue weighted by Crippen LogP contribution is -2.12. The maximum Gasteiger partial charge on any atom is 0.205 e. The van der Waals surface area contributed by atoms with E-state index in [9.17, 15) is 0 Å². The highest BCUT2D eigenvalue weighted by molar-refractivity contribution is 7.15. The second kappa shape index (κ2) is 6.01. The number of hydrogen-bond donors (Lipinski definition) is 2. The molecule has 0 aromatic carbocycles. The second-order valence-electron chi connectivity index (χ2n) is 4.95. The van der Waals surface area contributed by atoms with Crippen LogP contribution in [0.5, 0.6) is 0 Å². The fourth-order valence-corrected chi connectivity index (χ4v) is 4.33. The van der Waals surface area contributed by atoms with Gasteiger partial charge in [0.1, 0.15) is 10.0 Å². The van der Waals surface area contributed by atoms with Gasteiger partial charge in [-0.3, -0.25) is 0 Å². The van der Waals surface area contributed by atoms with Crippen LogP contribution in [0, 0.1) is 0 Å². The van der Waals surface area contributed by atoms with Crippen LogP contribution >= 0.6 is 22.7 Å². The third kappa shape index (κ3) is 2.76. The minimum Gasteiger partial charge on any atom is -0.363 e. The number of anilines is 2. The van der Waals surface area contributed by atoms with Gasteiger partial charge in [-0.15, -0.1) is 20.4 Å². The molecular formula is C12H18N6S2. The first kappa shape index (κ1) is 13.7. The maximum atomic E-state index is 4.32. The van der Waals surface area contributed by atoms with Crippen molar-refractivity contribution < 1.29 is 0 Å². The first-order valence-electron chi connectivity index (χ1n) is 6.82. The maximum absolute atomic E-state index is 4.32. The number of aromatic nitrogens is 4. The van der Waals surface area contributed by atoms with Crippen LogP contribution in [0.1, 0.15) is 47.5 Å². The molecule has 6 nitrogen and oxygen atoms in total. The molecule has 0 amide bonds. The molecule has 1 fully saturated rings. The standard InChI is InChI=1S/C12H18N6S2/c1-13-11-17-15-9(19-11)7-4-3-5-8(6-7)10-16-18-12(14-2)20-10/h7-8H,3-6H2,1-2H3,(H,13,17)(H,14,18)/t7-,8?/m0/s1. The van der Waals surface area contributed by atoms with Gasteiger partial charge in [-0.1, -0.05) is 29.1 Å². The van der Waals surface area contributed by atoms with E-state index in [1.807, 2.05) is 14.1 Å². The van der Waals surface area contributed by atoms with E-state index in [4.69, 9.17) is 0 Å². The van der Waals surface area contributed by atoms with Crippen LogP contribution in [0.4, 0.5) is 10.3 Å². The first-order valence-corrected chi connectivity index (χ1v) is 8.45. The molecule has 8 heteroatoms. The van der Waals surface area contributed by atoms with Crippen molar-refractivity contribution >= 4 is 32.9 Å². The van der Waals surface area contributed by atoms with Crippen molar-refractivity contribution in [3.05, 3.63) is 10.0 Å². The Morgan fingerprint density at radius 1 is 0.850 bits per heavy atom.